The minimum absolute atomic E-state index is 0.0151. The molecule has 0 amide bonds. The molecule has 0 aliphatic heterocycles. The van der Waals surface area contributed by atoms with Gasteiger partial charge in [-0.3, -0.25) is 9.32 Å². The highest BCUT2D eigenvalue weighted by Crippen LogP contribution is 2.37. The number of ketones is 1. The van der Waals surface area contributed by atoms with Gasteiger partial charge in [-0.2, -0.15) is 0 Å². The van der Waals surface area contributed by atoms with E-state index >= 15 is 0 Å². The molecular formula is C23H22BrN5O3S. The molecule has 0 aliphatic carbocycles. The fourth-order valence-electron chi connectivity index (χ4n) is 3.53. The standard InChI is InChI=1S/C23H22BrN5O3S/c1-11(2)29-10-18(32-28-29)27-22(31)21-20(25)19-12(3)16(13(4)26-23(19)33-21)9-17(30)14-5-7-15(24)8-6-14/h5-8,10-11H,9H2,1-4H3,(H2-,25,27,28,31). The van der Waals surface area contributed by atoms with Crippen molar-refractivity contribution >= 4 is 60.7 Å². The van der Waals surface area contributed by atoms with Crippen LogP contribution in [0.2, 0.25) is 0 Å². The Balaban J connectivity index is 1.71. The highest BCUT2D eigenvalue weighted by atomic mass is 79.9. The molecule has 10 heteroatoms. The second-order valence-electron chi connectivity index (χ2n) is 7.96. The van der Waals surface area contributed by atoms with E-state index in [1.807, 2.05) is 39.8 Å². The van der Waals surface area contributed by atoms with Gasteiger partial charge in [0.2, 0.25) is 5.27 Å². The van der Waals surface area contributed by atoms with Crippen LogP contribution in [-0.2, 0) is 6.42 Å². The maximum atomic E-state index is 12.9. The summed E-state index contributed by atoms with van der Waals surface area (Å²) >= 11 is 4.56. The Morgan fingerprint density at radius 1 is 1.30 bits per heavy atom. The van der Waals surface area contributed by atoms with Crippen LogP contribution in [0, 0.1) is 13.8 Å². The Kier molecular flexibility index (Phi) is 6.31. The van der Waals surface area contributed by atoms with Gasteiger partial charge in [-0.05, 0) is 55.6 Å². The smallest absolute Gasteiger partial charge is 0.320 e. The molecular weight excluding hydrogens is 506 g/mol. The van der Waals surface area contributed by atoms with Crippen LogP contribution in [0.3, 0.4) is 0 Å². The van der Waals surface area contributed by atoms with Crippen LogP contribution < -0.4 is 15.5 Å². The Labute approximate surface area is 202 Å². The number of Topliss-reactive ketones (excluding diaryl/α,β-unsaturated/α-hetero) is 1. The molecule has 0 saturated carbocycles. The molecule has 0 bridgehead atoms. The number of benzene rings is 1. The third kappa shape index (κ3) is 4.53. The number of anilines is 1. The lowest BCUT2D eigenvalue weighted by Crippen LogP contribution is -2.36. The van der Waals surface area contributed by atoms with Gasteiger partial charge in [0.15, 0.2) is 11.8 Å². The largest absolute Gasteiger partial charge is 0.857 e. The average molecular weight is 528 g/mol. The summed E-state index contributed by atoms with van der Waals surface area (Å²) in [6, 6.07) is 7.32. The third-order valence-electron chi connectivity index (χ3n) is 5.37. The summed E-state index contributed by atoms with van der Waals surface area (Å²) in [5.74, 6) is -0.432. The van der Waals surface area contributed by atoms with E-state index in [0.29, 0.717) is 21.5 Å². The van der Waals surface area contributed by atoms with E-state index in [4.69, 9.17) is 10.3 Å². The van der Waals surface area contributed by atoms with Crippen molar-refractivity contribution in [2.75, 3.05) is 5.73 Å². The van der Waals surface area contributed by atoms with Gasteiger partial charge in [-0.25, -0.2) is 9.98 Å². The lowest BCUT2D eigenvalue weighted by Gasteiger charge is -2.11. The number of thiophene rings is 1. The zero-order chi connectivity index (χ0) is 23.9. The van der Waals surface area contributed by atoms with Crippen molar-refractivity contribution in [3.05, 3.63) is 62.2 Å². The van der Waals surface area contributed by atoms with Gasteiger partial charge in [0.1, 0.15) is 4.83 Å². The number of aryl methyl sites for hydroxylation is 2. The Morgan fingerprint density at radius 2 is 2.00 bits per heavy atom. The predicted molar refractivity (Wildman–Crippen MR) is 129 cm³/mol. The van der Waals surface area contributed by atoms with E-state index in [2.05, 4.69) is 31.2 Å². The van der Waals surface area contributed by atoms with Crippen LogP contribution in [-0.4, -0.2) is 21.9 Å². The number of fused-ring (bicyclic) bond motifs is 1. The van der Waals surface area contributed by atoms with Gasteiger partial charge in [0.05, 0.1) is 10.6 Å². The fraction of sp³-hybridized carbons (Fsp3) is 0.261. The number of aromatic nitrogens is 3. The van der Waals surface area contributed by atoms with E-state index in [9.17, 15) is 9.90 Å². The predicted octanol–water partition coefficient (Wildman–Crippen LogP) is 3.98. The van der Waals surface area contributed by atoms with Crippen LogP contribution in [0.1, 0.15) is 51.9 Å². The van der Waals surface area contributed by atoms with Crippen molar-refractivity contribution in [2.45, 2.75) is 40.2 Å². The van der Waals surface area contributed by atoms with Crippen LogP contribution in [0.15, 0.2) is 44.5 Å². The molecule has 4 rings (SSSR count). The van der Waals surface area contributed by atoms with Gasteiger partial charge in [-0.15, -0.1) is 11.3 Å². The summed E-state index contributed by atoms with van der Waals surface area (Å²) in [6.45, 7) is 7.64. The average Bonchev–Trinajstić information content (AvgIpc) is 3.36. The summed E-state index contributed by atoms with van der Waals surface area (Å²) < 4.78 is 7.60. The number of nitrogens with two attached hydrogens (primary N) is 1. The Morgan fingerprint density at radius 3 is 2.64 bits per heavy atom. The first kappa shape index (κ1) is 23.1. The lowest BCUT2D eigenvalue weighted by molar-refractivity contribution is -0.779. The highest BCUT2D eigenvalue weighted by molar-refractivity contribution is 9.10. The zero-order valence-corrected chi connectivity index (χ0v) is 21.0. The molecule has 3 aromatic heterocycles. The summed E-state index contributed by atoms with van der Waals surface area (Å²) in [5, 5.41) is 17.4. The van der Waals surface area contributed by atoms with Gasteiger partial charge >= 0.3 is 5.88 Å². The number of halogens is 1. The first-order valence-electron chi connectivity index (χ1n) is 10.3. The van der Waals surface area contributed by atoms with Crippen molar-refractivity contribution in [1.82, 2.24) is 10.3 Å². The molecule has 3 heterocycles. The van der Waals surface area contributed by atoms with E-state index in [0.717, 1.165) is 21.3 Å². The fourth-order valence-corrected chi connectivity index (χ4v) is 4.88. The van der Waals surface area contributed by atoms with Crippen molar-refractivity contribution in [2.24, 2.45) is 4.99 Å². The van der Waals surface area contributed by atoms with Crippen LogP contribution in [0.4, 0.5) is 11.6 Å². The second-order valence-corrected chi connectivity index (χ2v) is 9.88. The van der Waals surface area contributed by atoms with Gasteiger partial charge in [0.25, 0.3) is 6.20 Å². The first-order valence-corrected chi connectivity index (χ1v) is 11.9. The summed E-state index contributed by atoms with van der Waals surface area (Å²) in [7, 11) is 0. The van der Waals surface area contributed by atoms with Gasteiger partial charge < -0.3 is 10.8 Å². The summed E-state index contributed by atoms with van der Waals surface area (Å²) in [6.07, 6.45) is 1.75. The molecule has 8 nitrogen and oxygen atoms in total. The molecule has 4 aromatic rings. The van der Waals surface area contributed by atoms with E-state index < -0.39 is 5.90 Å². The number of aliphatic imine (C=N–C) groups is 1. The van der Waals surface area contributed by atoms with E-state index in [1.54, 1.807) is 23.0 Å². The van der Waals surface area contributed by atoms with Crippen LogP contribution in [0.5, 0.6) is 0 Å². The molecule has 0 fully saturated rings. The molecule has 0 unspecified atom stereocenters. The number of carbonyl (C=O) groups is 1. The summed E-state index contributed by atoms with van der Waals surface area (Å²) in [5.41, 5.74) is 9.68. The quantitative estimate of drug-likeness (QED) is 0.175. The number of carbonyl (C=O) groups excluding carboxylic acids is 1. The monoisotopic (exact) mass is 527 g/mol. The molecule has 0 aliphatic rings. The molecule has 0 atom stereocenters. The molecule has 2 N–H and O–H groups in total. The molecule has 170 valence electrons. The second kappa shape index (κ2) is 9.03. The summed E-state index contributed by atoms with van der Waals surface area (Å²) in [4.78, 5) is 22.4. The minimum atomic E-state index is -0.521. The lowest BCUT2D eigenvalue weighted by atomic mass is 9.96. The number of pyridine rings is 1. The number of nitrogen functional groups attached to an aromatic ring is 1. The van der Waals surface area contributed by atoms with Crippen molar-refractivity contribution in [3.8, 4) is 0 Å². The minimum Gasteiger partial charge on any atom is -0.857 e. The zero-order valence-electron chi connectivity index (χ0n) is 18.5. The third-order valence-corrected chi connectivity index (χ3v) is 6.99. The first-order chi connectivity index (χ1) is 15.7. The SMILES string of the molecule is Cc1nc2sc(/C([O-])=N/c3c[n+](C(C)C)no3)c(N)c2c(C)c1CC(=O)c1ccc(Br)cc1. The molecule has 0 spiro atoms. The van der Waals surface area contributed by atoms with Crippen molar-refractivity contribution < 1.29 is 19.1 Å². The molecule has 0 radical (unpaired) electrons. The van der Waals surface area contributed by atoms with E-state index in [-0.39, 0.29) is 29.0 Å². The molecule has 33 heavy (non-hydrogen) atoms. The van der Waals surface area contributed by atoms with Crippen molar-refractivity contribution in [1.29, 1.82) is 0 Å². The molecule has 1 aromatic carbocycles. The Hall–Kier alpha value is -3.11. The van der Waals surface area contributed by atoms with Gasteiger partial charge in [0, 0.05) is 33.4 Å². The number of rotatable bonds is 6. The van der Waals surface area contributed by atoms with Crippen LogP contribution in [0.25, 0.3) is 10.2 Å². The number of hydrogen-bond donors (Lipinski definition) is 1. The van der Waals surface area contributed by atoms with Gasteiger partial charge in [-0.1, -0.05) is 28.1 Å². The maximum absolute atomic E-state index is 12.9. The topological polar surface area (TPSA) is 121 Å². The van der Waals surface area contributed by atoms with E-state index in [1.165, 1.54) is 11.3 Å². The highest BCUT2D eigenvalue weighted by Gasteiger charge is 2.20. The normalized spacial score (nSPS) is 12.1. The van der Waals surface area contributed by atoms with Crippen molar-refractivity contribution in [3.63, 3.8) is 0 Å². The van der Waals surface area contributed by atoms with Crippen LogP contribution >= 0.6 is 27.3 Å². The molecule has 0 saturated heterocycles. The number of hydrogen-bond acceptors (Lipinski definition) is 8. The number of nitrogens with zero attached hydrogens (tertiary/aromatic N) is 4. The Bertz CT molecular complexity index is 1390. The maximum Gasteiger partial charge on any atom is 0.320 e.